The van der Waals surface area contributed by atoms with E-state index in [0.29, 0.717) is 29.2 Å². The summed E-state index contributed by atoms with van der Waals surface area (Å²) >= 11 is 0. The van der Waals surface area contributed by atoms with E-state index in [0.717, 1.165) is 16.8 Å². The first-order chi connectivity index (χ1) is 11.4. The Hall–Kier alpha value is -2.69. The van der Waals surface area contributed by atoms with E-state index >= 15 is 0 Å². The van der Waals surface area contributed by atoms with Gasteiger partial charge in [0.1, 0.15) is 11.5 Å². The summed E-state index contributed by atoms with van der Waals surface area (Å²) in [5.74, 6) is 0.873. The van der Waals surface area contributed by atoms with E-state index in [1.54, 1.807) is 26.0 Å². The molecule has 124 valence electrons. The van der Waals surface area contributed by atoms with Crippen LogP contribution < -0.4 is 5.32 Å². The lowest BCUT2D eigenvalue weighted by Gasteiger charge is -2.29. The molecule has 1 aromatic heterocycles. The number of furan rings is 1. The Kier molecular flexibility index (Phi) is 4.09. The zero-order valence-corrected chi connectivity index (χ0v) is 14.3. The van der Waals surface area contributed by atoms with Gasteiger partial charge in [0, 0.05) is 17.2 Å². The second kappa shape index (κ2) is 6.07. The van der Waals surface area contributed by atoms with Crippen molar-refractivity contribution < 1.29 is 14.0 Å². The lowest BCUT2D eigenvalue weighted by Crippen LogP contribution is -2.36. The summed E-state index contributed by atoms with van der Waals surface area (Å²) in [5, 5.41) is 2.91. The molecule has 1 unspecified atom stereocenters. The molecule has 1 N–H and O–H groups in total. The Morgan fingerprint density at radius 3 is 2.71 bits per heavy atom. The van der Waals surface area contributed by atoms with E-state index in [2.05, 4.69) is 10.3 Å². The van der Waals surface area contributed by atoms with Crippen LogP contribution in [0.3, 0.4) is 0 Å². The first kappa shape index (κ1) is 16.2. The van der Waals surface area contributed by atoms with E-state index in [1.807, 2.05) is 26.0 Å². The van der Waals surface area contributed by atoms with E-state index in [1.165, 1.54) is 0 Å². The fourth-order valence-electron chi connectivity index (χ4n) is 3.19. The van der Waals surface area contributed by atoms with Gasteiger partial charge in [-0.15, -0.1) is 0 Å². The van der Waals surface area contributed by atoms with Crippen molar-refractivity contribution in [2.24, 2.45) is 10.9 Å². The lowest BCUT2D eigenvalue weighted by atomic mass is 9.84. The Bertz CT molecular complexity index is 850. The topological polar surface area (TPSA) is 71.7 Å². The van der Waals surface area contributed by atoms with E-state index in [4.69, 9.17) is 4.42 Å². The van der Waals surface area contributed by atoms with E-state index in [-0.39, 0.29) is 17.7 Å². The zero-order chi connectivity index (χ0) is 17.4. The number of fused-ring (bicyclic) bond motifs is 1. The highest BCUT2D eigenvalue weighted by atomic mass is 16.3. The number of carbonyl (C=O) groups is 2. The monoisotopic (exact) mass is 324 g/mol. The summed E-state index contributed by atoms with van der Waals surface area (Å²) in [7, 11) is 0. The summed E-state index contributed by atoms with van der Waals surface area (Å²) in [6.07, 6.45) is 6.26. The fourth-order valence-corrected chi connectivity index (χ4v) is 3.19. The van der Waals surface area contributed by atoms with Gasteiger partial charge in [-0.2, -0.15) is 0 Å². The van der Waals surface area contributed by atoms with Gasteiger partial charge in [0.2, 0.25) is 0 Å². The molecule has 2 aliphatic rings. The molecule has 0 spiro atoms. The molecule has 24 heavy (non-hydrogen) atoms. The largest absolute Gasteiger partial charge is 0.466 e. The summed E-state index contributed by atoms with van der Waals surface area (Å²) in [5.41, 5.74) is 3.63. The highest BCUT2D eigenvalue weighted by Crippen LogP contribution is 2.31. The van der Waals surface area contributed by atoms with Crippen LogP contribution in [0, 0.1) is 19.8 Å². The van der Waals surface area contributed by atoms with E-state index < -0.39 is 0 Å². The second-order valence-electron chi connectivity index (χ2n) is 6.07. The number of amides is 2. The maximum absolute atomic E-state index is 12.3. The molecule has 0 aromatic carbocycles. The van der Waals surface area contributed by atoms with Crippen LogP contribution in [0.4, 0.5) is 0 Å². The number of aliphatic imine (C=N–C) groups is 1. The third-order valence-corrected chi connectivity index (χ3v) is 4.43. The minimum Gasteiger partial charge on any atom is -0.466 e. The van der Waals surface area contributed by atoms with Gasteiger partial charge in [0.15, 0.2) is 0 Å². The molecular formula is C19H20N2O3. The molecule has 0 bridgehead atoms. The summed E-state index contributed by atoms with van der Waals surface area (Å²) in [4.78, 5) is 28.6. The molecule has 5 nitrogen and oxygen atoms in total. The number of rotatable bonds is 2. The molecule has 1 aliphatic heterocycles. The predicted octanol–water partition coefficient (Wildman–Crippen LogP) is 3.40. The molecular weight excluding hydrogens is 304 g/mol. The number of carbonyl (C=O) groups excluding carboxylic acids is 2. The Labute approximate surface area is 140 Å². The third kappa shape index (κ3) is 2.77. The van der Waals surface area contributed by atoms with Gasteiger partial charge in [0.25, 0.3) is 11.8 Å². The molecule has 0 radical (unpaired) electrons. The van der Waals surface area contributed by atoms with Crippen molar-refractivity contribution in [3.63, 3.8) is 0 Å². The van der Waals surface area contributed by atoms with Crippen molar-refractivity contribution in [2.75, 3.05) is 0 Å². The van der Waals surface area contributed by atoms with Crippen molar-refractivity contribution in [3.8, 4) is 0 Å². The van der Waals surface area contributed by atoms with Crippen LogP contribution in [0.5, 0.6) is 0 Å². The van der Waals surface area contributed by atoms with Crippen molar-refractivity contribution in [1.29, 1.82) is 0 Å². The number of aryl methyl sites for hydroxylation is 2. The van der Waals surface area contributed by atoms with Crippen LogP contribution in [0.2, 0.25) is 0 Å². The maximum Gasteiger partial charge on any atom is 0.281 e. The Balaban J connectivity index is 1.91. The Morgan fingerprint density at radius 2 is 2.08 bits per heavy atom. The second-order valence-corrected chi connectivity index (χ2v) is 6.07. The smallest absolute Gasteiger partial charge is 0.281 e. The van der Waals surface area contributed by atoms with Crippen molar-refractivity contribution in [1.82, 2.24) is 5.32 Å². The van der Waals surface area contributed by atoms with E-state index in [9.17, 15) is 9.59 Å². The predicted molar refractivity (Wildman–Crippen MR) is 91.8 cm³/mol. The minimum atomic E-state index is -0.344. The normalized spacial score (nSPS) is 21.7. The third-order valence-electron chi connectivity index (χ3n) is 4.43. The standard InChI is InChI=1S/C19H20N2O3/c1-5-14-11(3)15-7-6-13(9-17(15)21-18(14)22)20-19(23)16-8-10(2)24-12(16)4/h6-9,15H,5H2,1-4H3,(H,21,22). The number of nitrogens with one attached hydrogen (secondary N) is 1. The summed E-state index contributed by atoms with van der Waals surface area (Å²) in [6.45, 7) is 7.49. The molecule has 0 fully saturated rings. The average Bonchev–Trinajstić information content (AvgIpc) is 2.86. The zero-order valence-electron chi connectivity index (χ0n) is 14.3. The van der Waals surface area contributed by atoms with Gasteiger partial charge >= 0.3 is 0 Å². The first-order valence-corrected chi connectivity index (χ1v) is 8.01. The fraction of sp³-hybridized carbons (Fsp3) is 0.316. The number of hydrogen-bond donors (Lipinski definition) is 1. The number of hydrogen-bond acceptors (Lipinski definition) is 3. The summed E-state index contributed by atoms with van der Waals surface area (Å²) in [6, 6.07) is 1.69. The molecule has 3 rings (SSSR count). The van der Waals surface area contributed by atoms with Crippen molar-refractivity contribution in [2.45, 2.75) is 34.1 Å². The van der Waals surface area contributed by atoms with Gasteiger partial charge in [-0.1, -0.05) is 18.6 Å². The average molecular weight is 324 g/mol. The quantitative estimate of drug-likeness (QED) is 0.906. The number of allylic oxidation sites excluding steroid dienone is 3. The van der Waals surface area contributed by atoms with Gasteiger partial charge < -0.3 is 9.73 Å². The van der Waals surface area contributed by atoms with Gasteiger partial charge in [-0.25, -0.2) is 4.99 Å². The minimum absolute atomic E-state index is 0.0459. The lowest BCUT2D eigenvalue weighted by molar-refractivity contribution is -0.117. The molecule has 0 saturated heterocycles. The number of nitrogens with zero attached hydrogens (tertiary/aromatic N) is 1. The van der Waals surface area contributed by atoms with Gasteiger partial charge in [0.05, 0.1) is 11.3 Å². The molecule has 1 aromatic rings. The molecule has 0 saturated carbocycles. The molecule has 5 heteroatoms. The maximum atomic E-state index is 12.3. The molecule has 1 atom stereocenters. The SMILES string of the molecule is CCC1=C(C)C2C=CC(=NC(=O)c3cc(C)oc3C)C=C2NC1=O. The van der Waals surface area contributed by atoms with Crippen molar-refractivity contribution in [3.05, 3.63) is 58.2 Å². The molecule has 2 amide bonds. The first-order valence-electron chi connectivity index (χ1n) is 8.01. The van der Waals surface area contributed by atoms with Gasteiger partial charge in [-0.3, -0.25) is 9.59 Å². The molecule has 1 aliphatic carbocycles. The van der Waals surface area contributed by atoms with Crippen molar-refractivity contribution >= 4 is 17.5 Å². The van der Waals surface area contributed by atoms with Crippen LogP contribution >= 0.6 is 0 Å². The van der Waals surface area contributed by atoms with Crippen LogP contribution in [0.15, 0.2) is 50.5 Å². The van der Waals surface area contributed by atoms with Crippen LogP contribution in [-0.2, 0) is 4.79 Å². The highest BCUT2D eigenvalue weighted by molar-refractivity contribution is 6.14. The van der Waals surface area contributed by atoms with Crippen LogP contribution in [-0.4, -0.2) is 17.5 Å². The highest BCUT2D eigenvalue weighted by Gasteiger charge is 2.28. The van der Waals surface area contributed by atoms with Crippen LogP contribution in [0.25, 0.3) is 0 Å². The Morgan fingerprint density at radius 1 is 1.33 bits per heavy atom. The summed E-state index contributed by atoms with van der Waals surface area (Å²) < 4.78 is 5.38. The molecule has 2 heterocycles. The van der Waals surface area contributed by atoms with Gasteiger partial charge in [-0.05, 0) is 45.4 Å². The van der Waals surface area contributed by atoms with Crippen LogP contribution in [0.1, 0.15) is 42.1 Å².